The van der Waals surface area contributed by atoms with Crippen LogP contribution in [0, 0.1) is 11.3 Å². The number of halogens is 1. The molecule has 0 aromatic heterocycles. The fourth-order valence-electron chi connectivity index (χ4n) is 1.84. The standard InChI is InChI=1S/C16H19BrO4/c1-16(2,3)14(19)13(15(20)21-4)12(18)9-10-5-7-11(17)8-6-10/h5-8,13H,9H2,1-4H3/t13-/m0/s1. The van der Waals surface area contributed by atoms with Crippen LogP contribution in [0.15, 0.2) is 28.7 Å². The van der Waals surface area contributed by atoms with Gasteiger partial charge in [-0.25, -0.2) is 0 Å². The minimum atomic E-state index is -1.36. The van der Waals surface area contributed by atoms with Crippen molar-refractivity contribution < 1.29 is 19.1 Å². The Balaban J connectivity index is 2.98. The first-order chi connectivity index (χ1) is 9.66. The van der Waals surface area contributed by atoms with Crippen LogP contribution in [0.1, 0.15) is 26.3 Å². The molecule has 0 spiro atoms. The predicted octanol–water partition coefficient (Wildman–Crippen LogP) is 2.97. The van der Waals surface area contributed by atoms with Crippen molar-refractivity contribution in [3.8, 4) is 0 Å². The topological polar surface area (TPSA) is 60.4 Å². The number of ether oxygens (including phenoxy) is 1. The second kappa shape index (κ2) is 6.98. The van der Waals surface area contributed by atoms with Crippen molar-refractivity contribution in [2.45, 2.75) is 27.2 Å². The molecule has 0 aliphatic rings. The van der Waals surface area contributed by atoms with E-state index in [1.54, 1.807) is 45.0 Å². The molecule has 0 fully saturated rings. The van der Waals surface area contributed by atoms with E-state index in [0.29, 0.717) is 0 Å². The predicted molar refractivity (Wildman–Crippen MR) is 82.8 cm³/mol. The normalized spacial score (nSPS) is 12.6. The molecule has 1 aromatic carbocycles. The zero-order valence-corrected chi connectivity index (χ0v) is 14.2. The van der Waals surface area contributed by atoms with E-state index < -0.39 is 28.9 Å². The Kier molecular flexibility index (Phi) is 5.84. The molecule has 5 heteroatoms. The van der Waals surface area contributed by atoms with Crippen LogP contribution in [0.3, 0.4) is 0 Å². The summed E-state index contributed by atoms with van der Waals surface area (Å²) >= 11 is 3.31. The molecule has 114 valence electrons. The molecule has 0 unspecified atom stereocenters. The van der Waals surface area contributed by atoms with Crippen molar-refractivity contribution in [3.05, 3.63) is 34.3 Å². The number of ketones is 2. The van der Waals surface area contributed by atoms with Gasteiger partial charge in [0.2, 0.25) is 0 Å². The fraction of sp³-hybridized carbons (Fsp3) is 0.438. The average molecular weight is 355 g/mol. The minimum Gasteiger partial charge on any atom is -0.468 e. The van der Waals surface area contributed by atoms with Gasteiger partial charge >= 0.3 is 5.97 Å². The Labute approximate surface area is 133 Å². The Bertz CT molecular complexity index is 540. The molecule has 0 bridgehead atoms. The third-order valence-electron chi connectivity index (χ3n) is 3.05. The second-order valence-corrected chi connectivity index (χ2v) is 6.76. The lowest BCUT2D eigenvalue weighted by atomic mass is 9.80. The molecule has 0 saturated carbocycles. The number of methoxy groups -OCH3 is 1. The molecule has 0 heterocycles. The quantitative estimate of drug-likeness (QED) is 0.602. The van der Waals surface area contributed by atoms with Gasteiger partial charge in [0.25, 0.3) is 0 Å². The van der Waals surface area contributed by atoms with E-state index in [1.165, 1.54) is 7.11 Å². The van der Waals surface area contributed by atoms with E-state index in [-0.39, 0.29) is 6.42 Å². The van der Waals surface area contributed by atoms with Gasteiger partial charge in [0, 0.05) is 16.3 Å². The van der Waals surface area contributed by atoms with Gasteiger partial charge in [-0.3, -0.25) is 14.4 Å². The van der Waals surface area contributed by atoms with Gasteiger partial charge in [-0.2, -0.15) is 0 Å². The molecule has 0 radical (unpaired) electrons. The first-order valence-corrected chi connectivity index (χ1v) is 7.35. The van der Waals surface area contributed by atoms with Gasteiger partial charge in [-0.05, 0) is 17.7 Å². The third-order valence-corrected chi connectivity index (χ3v) is 3.58. The molecule has 0 N–H and O–H groups in total. The van der Waals surface area contributed by atoms with E-state index in [4.69, 9.17) is 0 Å². The van der Waals surface area contributed by atoms with E-state index >= 15 is 0 Å². The molecule has 1 atom stereocenters. The Hall–Kier alpha value is -1.49. The summed E-state index contributed by atoms with van der Waals surface area (Å²) in [6.45, 7) is 5.04. The molecule has 1 aromatic rings. The SMILES string of the molecule is COC(=O)[C@@H](C(=O)Cc1ccc(Br)cc1)C(=O)C(C)(C)C. The van der Waals surface area contributed by atoms with Crippen LogP contribution < -0.4 is 0 Å². The van der Waals surface area contributed by atoms with Crippen LogP contribution in [-0.4, -0.2) is 24.6 Å². The van der Waals surface area contributed by atoms with E-state index in [0.717, 1.165) is 10.0 Å². The van der Waals surface area contributed by atoms with Crippen molar-refractivity contribution in [2.75, 3.05) is 7.11 Å². The highest BCUT2D eigenvalue weighted by Gasteiger charge is 2.40. The van der Waals surface area contributed by atoms with Gasteiger partial charge in [0.05, 0.1) is 7.11 Å². The van der Waals surface area contributed by atoms with Crippen LogP contribution in [0.5, 0.6) is 0 Å². The molecule has 0 amide bonds. The molecule has 0 aliphatic heterocycles. The monoisotopic (exact) mass is 354 g/mol. The van der Waals surface area contributed by atoms with Crippen LogP contribution in [0.2, 0.25) is 0 Å². The summed E-state index contributed by atoms with van der Waals surface area (Å²) in [5, 5.41) is 0. The maximum absolute atomic E-state index is 12.4. The number of hydrogen-bond acceptors (Lipinski definition) is 4. The van der Waals surface area contributed by atoms with Gasteiger partial charge in [0.1, 0.15) is 0 Å². The number of benzene rings is 1. The van der Waals surface area contributed by atoms with Crippen molar-refractivity contribution in [1.82, 2.24) is 0 Å². The minimum absolute atomic E-state index is 0.0227. The van der Waals surface area contributed by atoms with E-state index in [9.17, 15) is 14.4 Å². The van der Waals surface area contributed by atoms with Crippen molar-refractivity contribution in [2.24, 2.45) is 11.3 Å². The molecule has 1 rings (SSSR count). The summed E-state index contributed by atoms with van der Waals surface area (Å²) in [6.07, 6.45) is 0.0227. The van der Waals surface area contributed by atoms with Gasteiger partial charge in [0.15, 0.2) is 17.5 Å². The number of carbonyl (C=O) groups excluding carboxylic acids is 3. The number of hydrogen-bond donors (Lipinski definition) is 0. The van der Waals surface area contributed by atoms with Crippen molar-refractivity contribution in [3.63, 3.8) is 0 Å². The Morgan fingerprint density at radius 2 is 1.67 bits per heavy atom. The first kappa shape index (κ1) is 17.6. The average Bonchev–Trinajstić information content (AvgIpc) is 2.40. The summed E-state index contributed by atoms with van der Waals surface area (Å²) in [4.78, 5) is 36.5. The zero-order valence-electron chi connectivity index (χ0n) is 12.6. The molecule has 0 aliphatic carbocycles. The highest BCUT2D eigenvalue weighted by Crippen LogP contribution is 2.23. The fourth-order valence-corrected chi connectivity index (χ4v) is 2.11. The van der Waals surface area contributed by atoms with Gasteiger partial charge in [-0.15, -0.1) is 0 Å². The molecular weight excluding hydrogens is 336 g/mol. The summed E-state index contributed by atoms with van der Waals surface area (Å²) in [5.74, 6) is -3.02. The summed E-state index contributed by atoms with van der Waals surface area (Å²) < 4.78 is 5.52. The largest absolute Gasteiger partial charge is 0.468 e. The van der Waals surface area contributed by atoms with Gasteiger partial charge in [-0.1, -0.05) is 48.8 Å². The van der Waals surface area contributed by atoms with Crippen LogP contribution in [-0.2, 0) is 25.5 Å². The molecular formula is C16H19BrO4. The summed E-state index contributed by atoms with van der Waals surface area (Å²) in [6, 6.07) is 7.17. The number of esters is 1. The zero-order chi connectivity index (χ0) is 16.2. The Morgan fingerprint density at radius 3 is 2.10 bits per heavy atom. The van der Waals surface area contributed by atoms with E-state index in [1.807, 2.05) is 0 Å². The first-order valence-electron chi connectivity index (χ1n) is 6.56. The van der Waals surface area contributed by atoms with Crippen molar-refractivity contribution >= 4 is 33.5 Å². The lowest BCUT2D eigenvalue weighted by Gasteiger charge is -2.22. The Morgan fingerprint density at radius 1 is 1.14 bits per heavy atom. The number of Topliss-reactive ketones (excluding diaryl/α,β-unsaturated/α-hetero) is 2. The van der Waals surface area contributed by atoms with Crippen LogP contribution >= 0.6 is 15.9 Å². The lowest BCUT2D eigenvalue weighted by molar-refractivity contribution is -0.155. The van der Waals surface area contributed by atoms with Gasteiger partial charge < -0.3 is 4.74 Å². The highest BCUT2D eigenvalue weighted by molar-refractivity contribution is 9.10. The highest BCUT2D eigenvalue weighted by atomic mass is 79.9. The summed E-state index contributed by atoms with van der Waals surface area (Å²) in [5.41, 5.74) is -0.0346. The smallest absolute Gasteiger partial charge is 0.323 e. The number of carbonyl (C=O) groups is 3. The lowest BCUT2D eigenvalue weighted by Crippen LogP contribution is -2.40. The second-order valence-electron chi connectivity index (χ2n) is 5.84. The number of rotatable bonds is 5. The maximum Gasteiger partial charge on any atom is 0.323 e. The van der Waals surface area contributed by atoms with Crippen molar-refractivity contribution in [1.29, 1.82) is 0 Å². The third kappa shape index (κ3) is 4.77. The molecule has 0 saturated heterocycles. The molecule has 4 nitrogen and oxygen atoms in total. The molecule has 21 heavy (non-hydrogen) atoms. The maximum atomic E-state index is 12.4. The summed E-state index contributed by atoms with van der Waals surface area (Å²) in [7, 11) is 1.18. The van der Waals surface area contributed by atoms with Crippen LogP contribution in [0.25, 0.3) is 0 Å². The van der Waals surface area contributed by atoms with E-state index in [2.05, 4.69) is 20.7 Å². The van der Waals surface area contributed by atoms with Crippen LogP contribution in [0.4, 0.5) is 0 Å².